The summed E-state index contributed by atoms with van der Waals surface area (Å²) in [5, 5.41) is 0. The van der Waals surface area contributed by atoms with E-state index in [1.165, 1.54) is 0 Å². The second kappa shape index (κ2) is 8.18. The fourth-order valence-electron chi connectivity index (χ4n) is 0.555. The van der Waals surface area contributed by atoms with Crippen LogP contribution in [0.2, 0.25) is 0 Å². The van der Waals surface area contributed by atoms with Crippen molar-refractivity contribution < 1.29 is 0 Å². The zero-order chi connectivity index (χ0) is 9.23. The summed E-state index contributed by atoms with van der Waals surface area (Å²) < 4.78 is 0. The molecule has 0 fully saturated rings. The lowest BCUT2D eigenvalue weighted by Crippen LogP contribution is -1.83. The van der Waals surface area contributed by atoms with Gasteiger partial charge in [0.2, 0.25) is 0 Å². The van der Waals surface area contributed by atoms with Crippen LogP contribution in [0.5, 0.6) is 0 Å². The highest BCUT2D eigenvalue weighted by atomic mass is 14.7. The van der Waals surface area contributed by atoms with Crippen LogP contribution in [-0.4, -0.2) is 11.9 Å². The first-order valence-corrected chi connectivity index (χ1v) is 4.51. The Morgan fingerprint density at radius 1 is 1.25 bits per heavy atom. The number of unbranched alkanes of at least 4 members (excludes halogenated alkanes) is 1. The summed E-state index contributed by atoms with van der Waals surface area (Å²) >= 11 is 0. The van der Waals surface area contributed by atoms with E-state index in [1.54, 1.807) is 12.4 Å². The van der Waals surface area contributed by atoms with Crippen LogP contribution >= 0.6 is 0 Å². The summed E-state index contributed by atoms with van der Waals surface area (Å²) in [7, 11) is 0. The SMILES string of the molecule is CCCC=N/C=C\N=C(C)CC. The zero-order valence-electron chi connectivity index (χ0n) is 8.25. The Labute approximate surface area is 75.1 Å². The van der Waals surface area contributed by atoms with Gasteiger partial charge in [-0.05, 0) is 19.8 Å². The molecule has 0 bridgehead atoms. The molecular formula is C10H18N2. The molecule has 0 unspecified atom stereocenters. The van der Waals surface area contributed by atoms with E-state index in [0.717, 1.165) is 25.0 Å². The molecule has 2 heteroatoms. The molecule has 0 saturated carbocycles. The van der Waals surface area contributed by atoms with Crippen LogP contribution in [-0.2, 0) is 0 Å². The number of hydrogen-bond donors (Lipinski definition) is 0. The predicted molar refractivity (Wildman–Crippen MR) is 55.9 cm³/mol. The van der Waals surface area contributed by atoms with Gasteiger partial charge in [-0.15, -0.1) is 0 Å². The lowest BCUT2D eigenvalue weighted by Gasteiger charge is -1.87. The average Bonchev–Trinajstić information content (AvgIpc) is 2.10. The van der Waals surface area contributed by atoms with Gasteiger partial charge in [0.15, 0.2) is 0 Å². The molecule has 0 N–H and O–H groups in total. The van der Waals surface area contributed by atoms with Gasteiger partial charge in [0.05, 0.1) is 0 Å². The Morgan fingerprint density at radius 2 is 2.00 bits per heavy atom. The number of nitrogens with zero attached hydrogens (tertiary/aromatic N) is 2. The Hall–Kier alpha value is -0.920. The highest BCUT2D eigenvalue weighted by Gasteiger charge is 1.78. The summed E-state index contributed by atoms with van der Waals surface area (Å²) in [6.45, 7) is 6.24. The van der Waals surface area contributed by atoms with Crippen LogP contribution in [0.3, 0.4) is 0 Å². The Kier molecular flexibility index (Phi) is 7.55. The molecule has 0 amide bonds. The van der Waals surface area contributed by atoms with Crippen molar-refractivity contribution in [3.05, 3.63) is 12.4 Å². The normalized spacial score (nSPS) is 13.4. The molecule has 0 radical (unpaired) electrons. The van der Waals surface area contributed by atoms with Crippen molar-refractivity contribution in [2.75, 3.05) is 0 Å². The summed E-state index contributed by atoms with van der Waals surface area (Å²) in [6, 6.07) is 0. The van der Waals surface area contributed by atoms with E-state index in [-0.39, 0.29) is 0 Å². The fourth-order valence-corrected chi connectivity index (χ4v) is 0.555. The molecule has 0 aromatic heterocycles. The van der Waals surface area contributed by atoms with Crippen molar-refractivity contribution in [3.63, 3.8) is 0 Å². The van der Waals surface area contributed by atoms with Crippen LogP contribution in [0.4, 0.5) is 0 Å². The van der Waals surface area contributed by atoms with E-state index in [1.807, 2.05) is 13.1 Å². The van der Waals surface area contributed by atoms with Gasteiger partial charge in [0.25, 0.3) is 0 Å². The van der Waals surface area contributed by atoms with Gasteiger partial charge >= 0.3 is 0 Å². The van der Waals surface area contributed by atoms with Gasteiger partial charge in [0.1, 0.15) is 0 Å². The molecular weight excluding hydrogens is 148 g/mol. The predicted octanol–water partition coefficient (Wildman–Crippen LogP) is 3.20. The topological polar surface area (TPSA) is 24.7 Å². The van der Waals surface area contributed by atoms with Crippen LogP contribution in [0.25, 0.3) is 0 Å². The van der Waals surface area contributed by atoms with Crippen molar-refractivity contribution in [3.8, 4) is 0 Å². The first-order chi connectivity index (χ1) is 5.81. The molecule has 0 spiro atoms. The minimum Gasteiger partial charge on any atom is -0.267 e. The van der Waals surface area contributed by atoms with Gasteiger partial charge in [-0.3, -0.25) is 9.98 Å². The highest BCUT2D eigenvalue weighted by molar-refractivity contribution is 5.82. The van der Waals surface area contributed by atoms with E-state index in [9.17, 15) is 0 Å². The summed E-state index contributed by atoms with van der Waals surface area (Å²) in [5.41, 5.74) is 1.14. The standard InChI is InChI=1S/C10H18N2/c1-4-6-7-11-8-9-12-10(3)5-2/h7-9H,4-6H2,1-3H3/b9-8-,11-7?,12-10?. The minimum absolute atomic E-state index is 1.00. The van der Waals surface area contributed by atoms with Crippen LogP contribution in [0, 0.1) is 0 Å². The molecule has 0 heterocycles. The summed E-state index contributed by atoms with van der Waals surface area (Å²) in [4.78, 5) is 8.22. The molecule has 2 nitrogen and oxygen atoms in total. The molecule has 68 valence electrons. The van der Waals surface area contributed by atoms with Crippen molar-refractivity contribution in [1.29, 1.82) is 0 Å². The van der Waals surface area contributed by atoms with E-state index in [2.05, 4.69) is 23.8 Å². The second-order valence-corrected chi connectivity index (χ2v) is 2.64. The first-order valence-electron chi connectivity index (χ1n) is 4.51. The van der Waals surface area contributed by atoms with E-state index < -0.39 is 0 Å². The zero-order valence-corrected chi connectivity index (χ0v) is 8.25. The third-order valence-electron chi connectivity index (χ3n) is 1.48. The quantitative estimate of drug-likeness (QED) is 0.560. The third kappa shape index (κ3) is 7.19. The molecule has 0 aliphatic rings. The average molecular weight is 166 g/mol. The fraction of sp³-hybridized carbons (Fsp3) is 0.600. The van der Waals surface area contributed by atoms with Crippen molar-refractivity contribution in [2.45, 2.75) is 40.0 Å². The maximum Gasteiger partial charge on any atom is 0.0450 e. The molecule has 0 rings (SSSR count). The maximum atomic E-state index is 4.16. The Morgan fingerprint density at radius 3 is 2.58 bits per heavy atom. The minimum atomic E-state index is 1.00. The lowest BCUT2D eigenvalue weighted by molar-refractivity contribution is 1.01. The van der Waals surface area contributed by atoms with Gasteiger partial charge < -0.3 is 0 Å². The molecule has 0 aliphatic heterocycles. The van der Waals surface area contributed by atoms with E-state index in [4.69, 9.17) is 0 Å². The van der Waals surface area contributed by atoms with Crippen LogP contribution < -0.4 is 0 Å². The van der Waals surface area contributed by atoms with Crippen molar-refractivity contribution >= 4 is 11.9 Å². The summed E-state index contributed by atoms with van der Waals surface area (Å²) in [6.07, 6.45) is 8.57. The smallest absolute Gasteiger partial charge is 0.0450 e. The highest BCUT2D eigenvalue weighted by Crippen LogP contribution is 1.86. The molecule has 0 aliphatic carbocycles. The monoisotopic (exact) mass is 166 g/mol. The third-order valence-corrected chi connectivity index (χ3v) is 1.48. The van der Waals surface area contributed by atoms with E-state index >= 15 is 0 Å². The van der Waals surface area contributed by atoms with Gasteiger partial charge in [-0.25, -0.2) is 0 Å². The molecule has 0 aromatic rings. The van der Waals surface area contributed by atoms with Gasteiger partial charge in [0, 0.05) is 24.3 Å². The maximum absolute atomic E-state index is 4.16. The Balaban J connectivity index is 3.62. The van der Waals surface area contributed by atoms with Gasteiger partial charge in [-0.2, -0.15) is 0 Å². The van der Waals surface area contributed by atoms with Crippen molar-refractivity contribution in [1.82, 2.24) is 0 Å². The molecule has 12 heavy (non-hydrogen) atoms. The lowest BCUT2D eigenvalue weighted by atomic mass is 10.3. The molecule has 0 saturated heterocycles. The number of hydrogen-bond acceptors (Lipinski definition) is 2. The first kappa shape index (κ1) is 11.1. The Bertz CT molecular complexity index is 178. The van der Waals surface area contributed by atoms with Crippen LogP contribution in [0.1, 0.15) is 40.0 Å². The molecule has 0 atom stereocenters. The van der Waals surface area contributed by atoms with Crippen molar-refractivity contribution in [2.24, 2.45) is 9.98 Å². The van der Waals surface area contributed by atoms with E-state index in [0.29, 0.717) is 0 Å². The van der Waals surface area contributed by atoms with Gasteiger partial charge in [-0.1, -0.05) is 20.3 Å². The summed E-state index contributed by atoms with van der Waals surface area (Å²) in [5.74, 6) is 0. The second-order valence-electron chi connectivity index (χ2n) is 2.64. The van der Waals surface area contributed by atoms with Crippen LogP contribution in [0.15, 0.2) is 22.4 Å². The number of rotatable bonds is 5. The largest absolute Gasteiger partial charge is 0.267 e. The number of aliphatic imine (C=N–C) groups is 2. The molecule has 0 aromatic carbocycles.